The Morgan fingerprint density at radius 3 is 2.44 bits per heavy atom. The SMILES string of the molecule is COC(=O)c1ccc(C(C)N2C[C@H](c3cc(C(F)(F)F)ccc3F)C[C@@H]2C2(C)C=Cc3cc(OC)ccc3C2)cc1. The first kappa shape index (κ1) is 28.9. The minimum absolute atomic E-state index is 0.0917. The Morgan fingerprint density at radius 1 is 1.05 bits per heavy atom. The third-order valence-corrected chi connectivity index (χ3v) is 8.74. The molecule has 0 saturated carbocycles. The molecule has 1 heterocycles. The Hall–Kier alpha value is -3.65. The van der Waals surface area contributed by atoms with Crippen LogP contribution in [0.1, 0.15) is 70.4 Å². The smallest absolute Gasteiger partial charge is 0.416 e. The number of halogens is 4. The number of benzene rings is 3. The number of carbonyl (C=O) groups is 1. The molecule has 216 valence electrons. The fourth-order valence-electron chi connectivity index (χ4n) is 6.40. The lowest BCUT2D eigenvalue weighted by Crippen LogP contribution is -2.44. The molecule has 1 fully saturated rings. The van der Waals surface area contributed by atoms with Gasteiger partial charge < -0.3 is 9.47 Å². The van der Waals surface area contributed by atoms with Gasteiger partial charge in [0.25, 0.3) is 0 Å². The number of esters is 1. The first-order chi connectivity index (χ1) is 19.4. The van der Waals surface area contributed by atoms with Crippen molar-refractivity contribution >= 4 is 12.0 Å². The highest BCUT2D eigenvalue weighted by molar-refractivity contribution is 5.89. The Kier molecular flexibility index (Phi) is 7.72. The lowest BCUT2D eigenvalue weighted by Gasteiger charge is -2.43. The maximum Gasteiger partial charge on any atom is 0.416 e. The van der Waals surface area contributed by atoms with Gasteiger partial charge in [-0.15, -0.1) is 0 Å². The van der Waals surface area contributed by atoms with Crippen molar-refractivity contribution in [1.29, 1.82) is 0 Å². The zero-order chi connectivity index (χ0) is 29.5. The first-order valence-electron chi connectivity index (χ1n) is 13.6. The Balaban J connectivity index is 1.52. The van der Waals surface area contributed by atoms with Crippen molar-refractivity contribution in [1.82, 2.24) is 4.90 Å². The number of likely N-dealkylation sites (tertiary alicyclic amines) is 1. The quantitative estimate of drug-likeness (QED) is 0.225. The van der Waals surface area contributed by atoms with Crippen molar-refractivity contribution in [3.63, 3.8) is 0 Å². The summed E-state index contributed by atoms with van der Waals surface area (Å²) in [6.45, 7) is 4.59. The van der Waals surface area contributed by atoms with E-state index in [0.29, 0.717) is 18.5 Å². The molecule has 0 bridgehead atoms. The highest BCUT2D eigenvalue weighted by atomic mass is 19.4. The summed E-state index contributed by atoms with van der Waals surface area (Å²) in [4.78, 5) is 14.2. The van der Waals surface area contributed by atoms with Gasteiger partial charge in [0.1, 0.15) is 11.6 Å². The molecule has 3 aromatic rings. The monoisotopic (exact) mass is 567 g/mol. The number of methoxy groups -OCH3 is 2. The van der Waals surface area contributed by atoms with Gasteiger partial charge in [0, 0.05) is 30.0 Å². The summed E-state index contributed by atoms with van der Waals surface area (Å²) in [5.41, 5.74) is 2.48. The molecule has 1 aliphatic heterocycles. The van der Waals surface area contributed by atoms with Crippen LogP contribution in [0.4, 0.5) is 17.6 Å². The minimum Gasteiger partial charge on any atom is -0.497 e. The fourth-order valence-corrected chi connectivity index (χ4v) is 6.40. The molecular weight excluding hydrogens is 534 g/mol. The summed E-state index contributed by atoms with van der Waals surface area (Å²) in [6.07, 6.45) is 0.903. The Morgan fingerprint density at radius 2 is 1.78 bits per heavy atom. The van der Waals surface area contributed by atoms with Gasteiger partial charge in [-0.2, -0.15) is 13.2 Å². The summed E-state index contributed by atoms with van der Waals surface area (Å²) in [5, 5.41) is 0. The van der Waals surface area contributed by atoms with Crippen molar-refractivity contribution in [2.45, 2.75) is 50.9 Å². The van der Waals surface area contributed by atoms with Crippen molar-refractivity contribution in [2.75, 3.05) is 20.8 Å². The minimum atomic E-state index is -4.56. The van der Waals surface area contributed by atoms with Crippen LogP contribution in [0.25, 0.3) is 6.08 Å². The van der Waals surface area contributed by atoms with Crippen LogP contribution in [0.5, 0.6) is 5.75 Å². The molecule has 1 saturated heterocycles. The predicted octanol–water partition coefficient (Wildman–Crippen LogP) is 7.83. The van der Waals surface area contributed by atoms with E-state index in [9.17, 15) is 18.0 Å². The van der Waals surface area contributed by atoms with Crippen molar-refractivity contribution in [2.24, 2.45) is 5.41 Å². The normalized spacial score (nSPS) is 23.2. The van der Waals surface area contributed by atoms with Crippen LogP contribution in [0, 0.1) is 11.2 Å². The number of fused-ring (bicyclic) bond motifs is 1. The van der Waals surface area contributed by atoms with Crippen LogP contribution in [0.15, 0.2) is 66.7 Å². The molecule has 0 N–H and O–H groups in total. The summed E-state index contributed by atoms with van der Waals surface area (Å²) in [7, 11) is 2.95. The molecule has 2 aliphatic rings. The molecule has 0 spiro atoms. The molecule has 1 aliphatic carbocycles. The molecule has 41 heavy (non-hydrogen) atoms. The molecule has 3 aromatic carbocycles. The third kappa shape index (κ3) is 5.62. The molecule has 2 unspecified atom stereocenters. The van der Waals surface area contributed by atoms with Crippen molar-refractivity contribution < 1.29 is 31.8 Å². The molecule has 0 aromatic heterocycles. The van der Waals surface area contributed by atoms with E-state index in [1.54, 1.807) is 19.2 Å². The second-order valence-corrected chi connectivity index (χ2v) is 11.2. The third-order valence-electron chi connectivity index (χ3n) is 8.74. The molecule has 4 atom stereocenters. The standard InChI is InChI=1S/C33H33F4NO3/c1-20(21-5-7-22(8-6-21)31(39)41-4)38-19-25(28-17-26(33(35,36)37)10-12-29(28)34)16-30(38)32(2)14-13-23-15-27(40-3)11-9-24(23)18-32/h5-15,17,20,25,30H,16,18-19H2,1-4H3/t20?,25-,30-,32?/m1/s1. The van der Waals surface area contributed by atoms with Crippen LogP contribution in [-0.2, 0) is 17.3 Å². The molecule has 0 radical (unpaired) electrons. The Labute approximate surface area is 237 Å². The molecule has 0 amide bonds. The molecule has 8 heteroatoms. The summed E-state index contributed by atoms with van der Waals surface area (Å²) < 4.78 is 66.0. The van der Waals surface area contributed by atoms with E-state index >= 15 is 4.39 Å². The van der Waals surface area contributed by atoms with E-state index in [1.165, 1.54) is 7.11 Å². The van der Waals surface area contributed by atoms with Gasteiger partial charge in [-0.1, -0.05) is 37.3 Å². The number of alkyl halides is 3. The van der Waals surface area contributed by atoms with E-state index in [0.717, 1.165) is 47.1 Å². The number of ether oxygens (including phenoxy) is 2. The van der Waals surface area contributed by atoms with Gasteiger partial charge in [0.15, 0.2) is 0 Å². The van der Waals surface area contributed by atoms with Gasteiger partial charge in [-0.25, -0.2) is 9.18 Å². The lowest BCUT2D eigenvalue weighted by atomic mass is 9.70. The van der Waals surface area contributed by atoms with Crippen LogP contribution in [0.3, 0.4) is 0 Å². The summed E-state index contributed by atoms with van der Waals surface area (Å²) >= 11 is 0. The number of hydrogen-bond donors (Lipinski definition) is 0. The highest BCUT2D eigenvalue weighted by Crippen LogP contribution is 2.49. The van der Waals surface area contributed by atoms with Gasteiger partial charge in [0.05, 0.1) is 25.3 Å². The molecule has 4 nitrogen and oxygen atoms in total. The average molecular weight is 568 g/mol. The van der Waals surface area contributed by atoms with E-state index in [-0.39, 0.29) is 23.1 Å². The van der Waals surface area contributed by atoms with Crippen LogP contribution < -0.4 is 4.74 Å². The molecular formula is C33H33F4NO3. The zero-order valence-electron chi connectivity index (χ0n) is 23.5. The first-order valence-corrected chi connectivity index (χ1v) is 13.6. The number of carbonyl (C=O) groups excluding carboxylic acids is 1. The molecule has 5 rings (SSSR count). The lowest BCUT2D eigenvalue weighted by molar-refractivity contribution is -0.137. The average Bonchev–Trinajstić information content (AvgIpc) is 3.42. The maximum absolute atomic E-state index is 15.1. The van der Waals surface area contributed by atoms with Crippen LogP contribution in [0.2, 0.25) is 0 Å². The van der Waals surface area contributed by atoms with E-state index in [4.69, 9.17) is 9.47 Å². The van der Waals surface area contributed by atoms with Gasteiger partial charge >= 0.3 is 12.1 Å². The Bertz CT molecular complexity index is 1470. The van der Waals surface area contributed by atoms with E-state index in [1.807, 2.05) is 37.3 Å². The predicted molar refractivity (Wildman–Crippen MR) is 149 cm³/mol. The second kappa shape index (κ2) is 11.0. The fraction of sp³-hybridized carbons (Fsp3) is 0.364. The largest absolute Gasteiger partial charge is 0.497 e. The van der Waals surface area contributed by atoms with Gasteiger partial charge in [-0.05, 0) is 84.5 Å². The summed E-state index contributed by atoms with van der Waals surface area (Å²) in [6, 6.07) is 15.6. The zero-order valence-corrected chi connectivity index (χ0v) is 23.5. The van der Waals surface area contributed by atoms with Crippen molar-refractivity contribution in [3.8, 4) is 5.75 Å². The van der Waals surface area contributed by atoms with E-state index < -0.39 is 29.4 Å². The maximum atomic E-state index is 15.1. The second-order valence-electron chi connectivity index (χ2n) is 11.2. The topological polar surface area (TPSA) is 38.8 Å². The van der Waals surface area contributed by atoms with Crippen molar-refractivity contribution in [3.05, 3.63) is 106 Å². The number of nitrogens with zero attached hydrogens (tertiary/aromatic N) is 1. The number of hydrogen-bond acceptors (Lipinski definition) is 4. The van der Waals surface area contributed by atoms with Crippen LogP contribution in [-0.4, -0.2) is 37.7 Å². The van der Waals surface area contributed by atoms with Gasteiger partial charge in [0.2, 0.25) is 0 Å². The van der Waals surface area contributed by atoms with Gasteiger partial charge in [-0.3, -0.25) is 4.90 Å². The van der Waals surface area contributed by atoms with E-state index in [2.05, 4.69) is 24.0 Å². The number of rotatable bonds is 6. The summed E-state index contributed by atoms with van der Waals surface area (Å²) in [5.74, 6) is -0.718. The highest BCUT2D eigenvalue weighted by Gasteiger charge is 2.47. The van der Waals surface area contributed by atoms with Crippen LogP contribution >= 0.6 is 0 Å².